The van der Waals surface area contributed by atoms with Crippen molar-refractivity contribution >= 4 is 91.3 Å². The van der Waals surface area contributed by atoms with Gasteiger partial charge in [-0.2, -0.15) is 0 Å². The van der Waals surface area contributed by atoms with Gasteiger partial charge in [0.1, 0.15) is 0 Å². The van der Waals surface area contributed by atoms with Gasteiger partial charge in [-0.15, -0.1) is 22.7 Å². The van der Waals surface area contributed by atoms with Gasteiger partial charge in [0.15, 0.2) is 10.3 Å². The van der Waals surface area contributed by atoms with Crippen molar-refractivity contribution in [1.82, 2.24) is 29.9 Å². The summed E-state index contributed by atoms with van der Waals surface area (Å²) in [5, 5.41) is 9.98. The van der Waals surface area contributed by atoms with E-state index in [2.05, 4.69) is 58.3 Å². The largest absolute Gasteiger partial charge is 0.469 e. The number of rotatable bonds is 19. The topological polar surface area (TPSA) is 183 Å². The van der Waals surface area contributed by atoms with Gasteiger partial charge < -0.3 is 29.8 Å². The Kier molecular flexibility index (Phi) is 19.4. The number of hydrogen-bond donors (Lipinski definition) is 3. The van der Waals surface area contributed by atoms with Gasteiger partial charge in [-0.25, -0.2) is 29.7 Å². The molecule has 0 fully saturated rings. The summed E-state index contributed by atoms with van der Waals surface area (Å²) < 4.78 is 15.0. The first-order chi connectivity index (χ1) is 31.1. The van der Waals surface area contributed by atoms with Gasteiger partial charge in [0.25, 0.3) is 0 Å². The van der Waals surface area contributed by atoms with E-state index in [1.54, 1.807) is 53.4 Å². The van der Waals surface area contributed by atoms with Crippen LogP contribution in [0.5, 0.6) is 6.01 Å². The van der Waals surface area contributed by atoms with Crippen molar-refractivity contribution in [3.05, 3.63) is 113 Å². The average molecular weight is 1000 g/mol. The minimum Gasteiger partial charge on any atom is -0.469 e. The Morgan fingerprint density at radius 2 is 1.09 bits per heavy atom. The molecule has 4 heterocycles. The second-order valence-corrected chi connectivity index (χ2v) is 19.4. The minimum absolute atomic E-state index is 0.279. The first kappa shape index (κ1) is 51.1. The zero-order valence-corrected chi connectivity index (χ0v) is 41.5. The molecule has 3 N–H and O–H groups in total. The molecule has 2 atom stereocenters. The lowest BCUT2D eigenvalue weighted by atomic mass is 10.0. The summed E-state index contributed by atoms with van der Waals surface area (Å²) in [6, 6.07) is 11.3. The molecule has 0 spiro atoms. The number of carbonyl (C=O) groups is 2. The van der Waals surface area contributed by atoms with Crippen LogP contribution in [-0.2, 0) is 44.7 Å². The number of aromatic nitrogens is 6. The predicted octanol–water partition coefficient (Wildman–Crippen LogP) is 10.4. The van der Waals surface area contributed by atoms with E-state index < -0.39 is 17.5 Å². The molecule has 0 aliphatic carbocycles. The third-order valence-corrected chi connectivity index (χ3v) is 13.1. The maximum atomic E-state index is 12.4. The number of halogens is 4. The molecule has 14 nitrogen and oxygen atoms in total. The number of nitrogens with zero attached hydrogens (tertiary/aromatic N) is 5. The second-order valence-electron chi connectivity index (χ2n) is 15.7. The Bertz CT molecular complexity index is 2570. The third-order valence-electron chi connectivity index (χ3n) is 9.59. The number of methoxy groups -OCH3 is 3. The zero-order valence-electron chi connectivity index (χ0n) is 36.8. The fourth-order valence-corrected chi connectivity index (χ4v) is 9.45. The molecule has 2 unspecified atom stereocenters. The van der Waals surface area contributed by atoms with Crippen molar-refractivity contribution < 1.29 is 23.8 Å². The summed E-state index contributed by atoms with van der Waals surface area (Å²) >= 11 is 27.7. The SMILES string of the molecule is COC(=O)C(CNc1nc(-c2ccc(Cl)c(Cl)c2)c(CC(C)C)s1)Cc1cnc(=O)[nH]c1.COC(=O)C(CNc1nc(-c2ccc(Cl)c(Cl)c2)c(CC(C)C)s1)Cc1cnc(OC)nc1. The smallest absolute Gasteiger partial charge is 0.344 e. The predicted molar refractivity (Wildman–Crippen MR) is 261 cm³/mol. The number of carbonyl (C=O) groups excluding carboxylic acids is 2. The summed E-state index contributed by atoms with van der Waals surface area (Å²) in [7, 11) is 4.24. The maximum Gasteiger partial charge on any atom is 0.344 e. The quantitative estimate of drug-likeness (QED) is 0.0652. The molecule has 0 aliphatic rings. The Hall–Kier alpha value is -4.84. The lowest BCUT2D eigenvalue weighted by molar-refractivity contribution is -0.145. The number of esters is 2. The van der Waals surface area contributed by atoms with E-state index in [0.29, 0.717) is 63.0 Å². The zero-order chi connectivity index (χ0) is 47.2. The Balaban J connectivity index is 0.000000244. The summed E-state index contributed by atoms with van der Waals surface area (Å²) in [5.41, 5.74) is 4.63. The standard InChI is InChI=1S/C23H26Cl2N4O3S.C22H24Cl2N4O3S/c1-13(2)7-19-20(15-5-6-17(24)18(25)9-15)29-23(33-19)28-12-16(21(30)31-3)8-14-10-26-22(32-4)27-11-14;1-12(2)6-18-19(14-4-5-16(23)17(24)8-14)28-22(32-18)27-11-15(20(29)31-3)7-13-9-25-21(30)26-10-13/h5-6,9-11,13,16H,7-8,12H2,1-4H3,(H,28,29);4-5,8-10,12,15H,6-7,11H2,1-3H3,(H,27,28)(H,25,26,30). The Morgan fingerprint density at radius 1 is 0.646 bits per heavy atom. The molecule has 0 bridgehead atoms. The van der Waals surface area contributed by atoms with Gasteiger partial charge in [0.05, 0.1) is 64.6 Å². The van der Waals surface area contributed by atoms with Crippen LogP contribution < -0.4 is 21.1 Å². The molecule has 0 saturated heterocycles. The molecule has 6 rings (SSSR count). The van der Waals surface area contributed by atoms with Crippen LogP contribution in [0.1, 0.15) is 48.6 Å². The van der Waals surface area contributed by atoms with Crippen molar-refractivity contribution in [2.24, 2.45) is 23.7 Å². The molecule has 0 aliphatic heterocycles. The fraction of sp³-hybridized carbons (Fsp3) is 0.378. The molecule has 6 aromatic rings. The van der Waals surface area contributed by atoms with Crippen LogP contribution in [0.15, 0.2) is 66.0 Å². The molecular formula is C45H50Cl4N8O6S2. The van der Waals surface area contributed by atoms with Crippen LogP contribution in [0.3, 0.4) is 0 Å². The van der Waals surface area contributed by atoms with Crippen LogP contribution in [-0.4, -0.2) is 76.3 Å². The van der Waals surface area contributed by atoms with Crippen molar-refractivity contribution in [2.45, 2.75) is 53.4 Å². The van der Waals surface area contributed by atoms with E-state index in [-0.39, 0.29) is 17.9 Å². The Labute approximate surface area is 405 Å². The molecule has 0 amide bonds. The van der Waals surface area contributed by atoms with Gasteiger partial charge >= 0.3 is 23.6 Å². The highest BCUT2D eigenvalue weighted by atomic mass is 35.5. The van der Waals surface area contributed by atoms with Gasteiger partial charge in [-0.05, 0) is 72.9 Å². The van der Waals surface area contributed by atoms with E-state index in [9.17, 15) is 14.4 Å². The van der Waals surface area contributed by atoms with E-state index in [4.69, 9.17) is 70.6 Å². The first-order valence-corrected chi connectivity index (χ1v) is 23.6. The average Bonchev–Trinajstić information content (AvgIpc) is 3.88. The van der Waals surface area contributed by atoms with Gasteiger partial charge in [-0.3, -0.25) is 9.59 Å². The summed E-state index contributed by atoms with van der Waals surface area (Å²) in [6.07, 6.45) is 8.83. The first-order valence-electron chi connectivity index (χ1n) is 20.5. The number of aromatic amines is 1. The number of hydrogen-bond acceptors (Lipinski definition) is 15. The van der Waals surface area contributed by atoms with Crippen LogP contribution >= 0.6 is 69.1 Å². The van der Waals surface area contributed by atoms with Gasteiger partial charge in [0, 0.05) is 58.8 Å². The van der Waals surface area contributed by atoms with Crippen molar-refractivity contribution in [1.29, 1.82) is 0 Å². The highest BCUT2D eigenvalue weighted by Gasteiger charge is 2.24. The van der Waals surface area contributed by atoms with E-state index in [1.807, 2.05) is 24.3 Å². The van der Waals surface area contributed by atoms with Gasteiger partial charge in [-0.1, -0.05) is 86.2 Å². The molecule has 2 aromatic carbocycles. The number of thiazole rings is 2. The minimum atomic E-state index is -0.474. The van der Waals surface area contributed by atoms with E-state index in [1.165, 1.54) is 27.5 Å². The van der Waals surface area contributed by atoms with Crippen molar-refractivity contribution in [3.8, 4) is 28.5 Å². The normalized spacial score (nSPS) is 12.0. The van der Waals surface area contributed by atoms with Crippen LogP contribution in [0.25, 0.3) is 22.5 Å². The molecule has 65 heavy (non-hydrogen) atoms. The monoisotopic (exact) mass is 1000 g/mol. The fourth-order valence-electron chi connectivity index (χ4n) is 6.45. The molecule has 20 heteroatoms. The Morgan fingerprint density at radius 3 is 1.48 bits per heavy atom. The van der Waals surface area contributed by atoms with Crippen LogP contribution in [0, 0.1) is 23.7 Å². The molecule has 0 saturated carbocycles. The highest BCUT2D eigenvalue weighted by Crippen LogP contribution is 2.37. The molecule has 4 aromatic heterocycles. The number of benzene rings is 2. The second kappa shape index (κ2) is 24.6. The van der Waals surface area contributed by atoms with Gasteiger partial charge in [0.2, 0.25) is 0 Å². The highest BCUT2D eigenvalue weighted by molar-refractivity contribution is 7.16. The molecule has 346 valence electrons. The van der Waals surface area contributed by atoms with Crippen LogP contribution in [0.2, 0.25) is 20.1 Å². The molecule has 0 radical (unpaired) electrons. The van der Waals surface area contributed by atoms with Crippen molar-refractivity contribution in [3.63, 3.8) is 0 Å². The van der Waals surface area contributed by atoms with E-state index in [0.717, 1.165) is 61.4 Å². The van der Waals surface area contributed by atoms with Crippen molar-refractivity contribution in [2.75, 3.05) is 45.1 Å². The summed E-state index contributed by atoms with van der Waals surface area (Å²) in [5.74, 6) is -0.677. The maximum absolute atomic E-state index is 12.4. The third kappa shape index (κ3) is 15.1. The number of ether oxygens (including phenoxy) is 3. The number of nitrogens with one attached hydrogen (secondary N) is 3. The van der Waals surface area contributed by atoms with E-state index >= 15 is 0 Å². The lowest BCUT2D eigenvalue weighted by Gasteiger charge is -2.15. The summed E-state index contributed by atoms with van der Waals surface area (Å²) in [6.45, 7) is 9.30. The number of anilines is 2. The molecular weight excluding hydrogens is 954 g/mol. The number of H-pyrrole nitrogens is 1. The van der Waals surface area contributed by atoms with Crippen LogP contribution in [0.4, 0.5) is 10.3 Å². The lowest BCUT2D eigenvalue weighted by Crippen LogP contribution is -2.27. The summed E-state index contributed by atoms with van der Waals surface area (Å²) in [4.78, 5) is 62.2.